The molecule has 0 spiro atoms. The predicted octanol–water partition coefficient (Wildman–Crippen LogP) is 2.55. The lowest BCUT2D eigenvalue weighted by molar-refractivity contribution is -0.137. The number of nitrogens with one attached hydrogen (secondary N) is 1. The highest BCUT2D eigenvalue weighted by Gasteiger charge is 2.31. The maximum absolute atomic E-state index is 12.7. The molecule has 0 bridgehead atoms. The predicted molar refractivity (Wildman–Crippen MR) is 81.2 cm³/mol. The summed E-state index contributed by atoms with van der Waals surface area (Å²) in [5.74, 6) is -0.346. The summed E-state index contributed by atoms with van der Waals surface area (Å²) >= 11 is 0. The lowest BCUT2D eigenvalue weighted by atomic mass is 10.1. The van der Waals surface area contributed by atoms with E-state index in [1.165, 1.54) is 29.1 Å². The van der Waals surface area contributed by atoms with Crippen molar-refractivity contribution in [3.63, 3.8) is 0 Å². The van der Waals surface area contributed by atoms with Crippen molar-refractivity contribution in [1.29, 1.82) is 0 Å². The molecule has 0 saturated heterocycles. The van der Waals surface area contributed by atoms with E-state index in [0.29, 0.717) is 17.1 Å². The van der Waals surface area contributed by atoms with Crippen LogP contribution in [0.3, 0.4) is 0 Å². The van der Waals surface area contributed by atoms with Gasteiger partial charge in [-0.15, -0.1) is 0 Å². The molecule has 124 valence electrons. The van der Waals surface area contributed by atoms with Crippen LogP contribution in [0.15, 0.2) is 29.2 Å². The fourth-order valence-corrected chi connectivity index (χ4v) is 2.20. The quantitative estimate of drug-likeness (QED) is 0.753. The molecule has 0 atom stereocenters. The monoisotopic (exact) mass is 336 g/mol. The number of nitrogens with zero attached hydrogens (tertiary/aromatic N) is 3. The Kier molecular flexibility index (Phi) is 3.63. The molecule has 0 aliphatic rings. The first-order valence-corrected chi connectivity index (χ1v) is 6.75. The van der Waals surface area contributed by atoms with E-state index in [-0.39, 0.29) is 11.4 Å². The molecule has 2 N–H and O–H groups in total. The van der Waals surface area contributed by atoms with Crippen LogP contribution in [0.4, 0.5) is 13.2 Å². The molecule has 0 unspecified atom stereocenters. The molecule has 0 amide bonds. The largest absolute Gasteiger partial charge is 0.508 e. The van der Waals surface area contributed by atoms with Crippen molar-refractivity contribution in [3.8, 4) is 5.75 Å². The Morgan fingerprint density at radius 3 is 2.71 bits per heavy atom. The smallest absolute Gasteiger partial charge is 0.416 e. The molecule has 3 aromatic rings. The van der Waals surface area contributed by atoms with Crippen LogP contribution in [-0.2, 0) is 13.2 Å². The van der Waals surface area contributed by atoms with Crippen LogP contribution in [-0.4, -0.2) is 24.9 Å². The molecule has 0 saturated carbocycles. The average molecular weight is 336 g/mol. The molecule has 3 rings (SSSR count). The van der Waals surface area contributed by atoms with E-state index >= 15 is 0 Å². The normalized spacial score (nSPS) is 12.3. The number of aromatic amines is 1. The second-order valence-electron chi connectivity index (χ2n) is 5.10. The summed E-state index contributed by atoms with van der Waals surface area (Å²) in [7, 11) is 1.62. The highest BCUT2D eigenvalue weighted by atomic mass is 19.4. The summed E-state index contributed by atoms with van der Waals surface area (Å²) in [6.07, 6.45) is -0.529. The number of aryl methyl sites for hydroxylation is 1. The molecule has 6 nitrogen and oxygen atoms in total. The number of H-pyrrole nitrogens is 1. The van der Waals surface area contributed by atoms with Crippen molar-refractivity contribution in [2.75, 3.05) is 0 Å². The Morgan fingerprint density at radius 1 is 1.25 bits per heavy atom. The van der Waals surface area contributed by atoms with E-state index in [9.17, 15) is 23.1 Å². The highest BCUT2D eigenvalue weighted by Crippen LogP contribution is 2.32. The highest BCUT2D eigenvalue weighted by molar-refractivity contribution is 5.75. The van der Waals surface area contributed by atoms with Gasteiger partial charge in [-0.2, -0.15) is 18.3 Å². The first-order valence-electron chi connectivity index (χ1n) is 6.75. The van der Waals surface area contributed by atoms with Gasteiger partial charge < -0.3 is 10.1 Å². The van der Waals surface area contributed by atoms with Crippen molar-refractivity contribution in [3.05, 3.63) is 51.7 Å². The molecular weight excluding hydrogens is 325 g/mol. The number of fused-ring (bicyclic) bond motifs is 1. The van der Waals surface area contributed by atoms with Crippen LogP contribution < -0.4 is 5.56 Å². The topological polar surface area (TPSA) is 83.8 Å². The maximum Gasteiger partial charge on any atom is 0.416 e. The van der Waals surface area contributed by atoms with Gasteiger partial charge in [0, 0.05) is 7.05 Å². The van der Waals surface area contributed by atoms with Crippen molar-refractivity contribution >= 4 is 23.2 Å². The lowest BCUT2D eigenvalue weighted by Crippen LogP contribution is -2.09. The number of aromatic hydroxyl groups is 1. The Bertz CT molecular complexity index is 1000. The van der Waals surface area contributed by atoms with Crippen LogP contribution in [0.2, 0.25) is 0 Å². The summed E-state index contributed by atoms with van der Waals surface area (Å²) in [6, 6.07) is 2.70. The second kappa shape index (κ2) is 5.52. The second-order valence-corrected chi connectivity index (χ2v) is 5.10. The van der Waals surface area contributed by atoms with Crippen molar-refractivity contribution < 1.29 is 18.3 Å². The third-order valence-electron chi connectivity index (χ3n) is 3.32. The molecule has 9 heteroatoms. The van der Waals surface area contributed by atoms with E-state index in [2.05, 4.69) is 15.1 Å². The molecule has 0 aliphatic heterocycles. The number of aromatic nitrogens is 4. The Hall–Kier alpha value is -3.10. The van der Waals surface area contributed by atoms with Crippen molar-refractivity contribution in [2.45, 2.75) is 6.18 Å². The molecule has 0 aliphatic carbocycles. The van der Waals surface area contributed by atoms with Crippen molar-refractivity contribution in [2.24, 2.45) is 7.05 Å². The number of alkyl halides is 3. The summed E-state index contributed by atoms with van der Waals surface area (Å²) in [6.45, 7) is 0. The summed E-state index contributed by atoms with van der Waals surface area (Å²) in [5.41, 5.74) is -0.898. The molecule has 1 aromatic carbocycles. The van der Waals surface area contributed by atoms with Gasteiger partial charge >= 0.3 is 6.18 Å². The first kappa shape index (κ1) is 15.8. The third-order valence-corrected chi connectivity index (χ3v) is 3.32. The minimum atomic E-state index is -4.57. The number of hydrogen-bond donors (Lipinski definition) is 2. The van der Waals surface area contributed by atoms with Gasteiger partial charge in [0.2, 0.25) is 0 Å². The van der Waals surface area contributed by atoms with Crippen LogP contribution in [0.1, 0.15) is 17.0 Å². The van der Waals surface area contributed by atoms with Crippen LogP contribution in [0.5, 0.6) is 5.75 Å². The molecule has 0 radical (unpaired) electrons. The van der Waals surface area contributed by atoms with Gasteiger partial charge in [-0.25, -0.2) is 4.98 Å². The SMILES string of the molecule is Cn1ncc2c(=O)[nH]c(/C=C/c3cc(O)cc(C(F)(F)F)c3)nc21. The number of phenols is 1. The fraction of sp³-hybridized carbons (Fsp3) is 0.133. The van der Waals surface area contributed by atoms with E-state index in [4.69, 9.17) is 0 Å². The van der Waals surface area contributed by atoms with Gasteiger partial charge in [0.25, 0.3) is 5.56 Å². The third kappa shape index (κ3) is 3.00. The summed E-state index contributed by atoms with van der Waals surface area (Å²) in [4.78, 5) is 18.6. The summed E-state index contributed by atoms with van der Waals surface area (Å²) < 4.78 is 39.6. The number of hydrogen-bond acceptors (Lipinski definition) is 4. The van der Waals surface area contributed by atoms with Gasteiger partial charge in [-0.3, -0.25) is 9.48 Å². The first-order chi connectivity index (χ1) is 11.2. The van der Waals surface area contributed by atoms with Crippen molar-refractivity contribution in [1.82, 2.24) is 19.7 Å². The lowest BCUT2D eigenvalue weighted by Gasteiger charge is -2.08. The number of rotatable bonds is 2. The summed E-state index contributed by atoms with van der Waals surface area (Å²) in [5, 5.41) is 13.7. The molecule has 0 fully saturated rings. The minimum absolute atomic E-state index is 0.120. The van der Waals surface area contributed by atoms with Gasteiger partial charge in [0.05, 0.1) is 11.8 Å². The van der Waals surface area contributed by atoms with Crippen LogP contribution in [0.25, 0.3) is 23.2 Å². The Labute approximate surface area is 132 Å². The van der Waals surface area contributed by atoms with Gasteiger partial charge in [-0.05, 0) is 29.8 Å². The maximum atomic E-state index is 12.7. The van der Waals surface area contributed by atoms with E-state index < -0.39 is 23.0 Å². The average Bonchev–Trinajstić information content (AvgIpc) is 2.86. The molecular formula is C15H11F3N4O2. The zero-order chi connectivity index (χ0) is 17.5. The van der Waals surface area contributed by atoms with Crippen LogP contribution >= 0.6 is 0 Å². The van der Waals surface area contributed by atoms with Gasteiger partial charge in [0.1, 0.15) is 17.0 Å². The zero-order valence-electron chi connectivity index (χ0n) is 12.3. The molecule has 2 heterocycles. The van der Waals surface area contributed by atoms with Gasteiger partial charge in [0.15, 0.2) is 5.65 Å². The standard InChI is InChI=1S/C15H11F3N4O2/c1-22-13-11(7-19-22)14(24)21-12(20-13)3-2-8-4-9(15(16,17)18)6-10(23)5-8/h2-7,23H,1H3,(H,20,21,24)/b3-2+. The van der Waals surface area contributed by atoms with E-state index in [1.54, 1.807) is 7.05 Å². The van der Waals surface area contributed by atoms with Gasteiger partial charge in [-0.1, -0.05) is 6.08 Å². The van der Waals surface area contributed by atoms with E-state index in [1.807, 2.05) is 0 Å². The Balaban J connectivity index is 2.01. The molecule has 24 heavy (non-hydrogen) atoms. The number of halogens is 3. The zero-order valence-corrected chi connectivity index (χ0v) is 12.3. The fourth-order valence-electron chi connectivity index (χ4n) is 2.20. The van der Waals surface area contributed by atoms with Crippen LogP contribution in [0, 0.1) is 0 Å². The number of benzene rings is 1. The Morgan fingerprint density at radius 2 is 2.00 bits per heavy atom. The van der Waals surface area contributed by atoms with E-state index in [0.717, 1.165) is 6.07 Å². The minimum Gasteiger partial charge on any atom is -0.508 e. The number of phenolic OH excluding ortho intramolecular Hbond substituents is 1. The molecule has 2 aromatic heterocycles.